The second-order valence-corrected chi connectivity index (χ2v) is 5.85. The Hall–Kier alpha value is -0.540. The van der Waals surface area contributed by atoms with Crippen molar-refractivity contribution in [1.82, 2.24) is 5.32 Å². The van der Waals surface area contributed by atoms with Gasteiger partial charge < -0.3 is 5.32 Å². The number of thiophene rings is 1. The molecule has 0 aliphatic heterocycles. The Kier molecular flexibility index (Phi) is 5.29. The lowest BCUT2D eigenvalue weighted by atomic mass is 9.90. The first-order chi connectivity index (χ1) is 7.53. The molecule has 16 heavy (non-hydrogen) atoms. The summed E-state index contributed by atoms with van der Waals surface area (Å²) in [7, 11) is 0. The molecule has 0 spiro atoms. The second kappa shape index (κ2) is 6.26. The number of nitrogens with one attached hydrogen (secondary N) is 1. The van der Waals surface area contributed by atoms with Crippen LogP contribution in [-0.4, -0.2) is 18.3 Å². The van der Waals surface area contributed by atoms with E-state index in [0.717, 1.165) is 12.0 Å². The smallest absolute Gasteiger partial charge is 0.224 e. The van der Waals surface area contributed by atoms with Crippen LogP contribution in [0.3, 0.4) is 0 Å². The van der Waals surface area contributed by atoms with Crippen molar-refractivity contribution in [3.8, 4) is 0 Å². The predicted octanol–water partition coefficient (Wildman–Crippen LogP) is 3.06. The third kappa shape index (κ3) is 4.99. The van der Waals surface area contributed by atoms with Crippen LogP contribution in [0.15, 0.2) is 16.8 Å². The van der Waals surface area contributed by atoms with E-state index in [2.05, 4.69) is 19.2 Å². The van der Waals surface area contributed by atoms with Crippen molar-refractivity contribution in [2.45, 2.75) is 26.7 Å². The summed E-state index contributed by atoms with van der Waals surface area (Å²) < 4.78 is 0. The molecule has 2 nitrogen and oxygen atoms in total. The molecule has 1 rings (SSSR count). The fourth-order valence-corrected chi connectivity index (χ4v) is 2.50. The third-order valence-electron chi connectivity index (χ3n) is 2.48. The molecule has 0 unspecified atom stereocenters. The molecule has 0 aliphatic carbocycles. The summed E-state index contributed by atoms with van der Waals surface area (Å²) in [6.07, 6.45) is 1.38. The molecule has 0 atom stereocenters. The lowest BCUT2D eigenvalue weighted by Gasteiger charge is -2.23. The molecule has 0 aliphatic rings. The molecule has 90 valence electrons. The van der Waals surface area contributed by atoms with Crippen molar-refractivity contribution >= 4 is 28.8 Å². The van der Waals surface area contributed by atoms with Gasteiger partial charge in [0.15, 0.2) is 0 Å². The van der Waals surface area contributed by atoms with Crippen molar-refractivity contribution in [3.63, 3.8) is 0 Å². The van der Waals surface area contributed by atoms with Gasteiger partial charge in [0, 0.05) is 12.4 Å². The summed E-state index contributed by atoms with van der Waals surface area (Å²) in [6, 6.07) is 1.98. The first-order valence-corrected chi connectivity index (χ1v) is 6.85. The molecule has 1 heterocycles. The number of hydrogen-bond donors (Lipinski definition) is 1. The lowest BCUT2D eigenvalue weighted by molar-refractivity contribution is -0.120. The zero-order valence-corrected chi connectivity index (χ0v) is 11.3. The molecule has 0 saturated carbocycles. The van der Waals surface area contributed by atoms with Crippen LogP contribution >= 0.6 is 22.9 Å². The van der Waals surface area contributed by atoms with Crippen LogP contribution in [0.5, 0.6) is 0 Å². The Morgan fingerprint density at radius 1 is 1.56 bits per heavy atom. The first kappa shape index (κ1) is 13.5. The summed E-state index contributed by atoms with van der Waals surface area (Å²) in [5.41, 5.74) is 1.16. The Balaban J connectivity index is 2.30. The molecule has 0 bridgehead atoms. The number of carbonyl (C=O) groups is 1. The minimum Gasteiger partial charge on any atom is -0.355 e. The van der Waals surface area contributed by atoms with E-state index in [1.165, 1.54) is 0 Å². The van der Waals surface area contributed by atoms with Crippen LogP contribution in [0, 0.1) is 5.41 Å². The van der Waals surface area contributed by atoms with Crippen molar-refractivity contribution in [3.05, 3.63) is 22.4 Å². The summed E-state index contributed by atoms with van der Waals surface area (Å²) in [4.78, 5) is 11.6. The zero-order chi connectivity index (χ0) is 12.0. The molecule has 1 aromatic heterocycles. The normalized spacial score (nSPS) is 11.4. The lowest BCUT2D eigenvalue weighted by Crippen LogP contribution is -2.35. The number of rotatable bonds is 6. The maximum Gasteiger partial charge on any atom is 0.224 e. The van der Waals surface area contributed by atoms with Gasteiger partial charge in [-0.05, 0) is 34.2 Å². The van der Waals surface area contributed by atoms with Crippen LogP contribution in [0.25, 0.3) is 0 Å². The Labute approximate surface area is 106 Å². The minimum atomic E-state index is 0.0755. The van der Waals surface area contributed by atoms with Gasteiger partial charge in [0.05, 0.1) is 6.42 Å². The summed E-state index contributed by atoms with van der Waals surface area (Å²) in [6.45, 7) is 4.91. The van der Waals surface area contributed by atoms with E-state index in [4.69, 9.17) is 11.6 Å². The number of carbonyl (C=O) groups excluding carboxylic acids is 1. The Morgan fingerprint density at radius 2 is 2.31 bits per heavy atom. The average Bonchev–Trinajstić information content (AvgIpc) is 2.68. The Bertz CT molecular complexity index is 322. The van der Waals surface area contributed by atoms with Gasteiger partial charge in [-0.3, -0.25) is 4.79 Å². The molecule has 0 saturated heterocycles. The molecule has 0 fully saturated rings. The van der Waals surface area contributed by atoms with E-state index >= 15 is 0 Å². The van der Waals surface area contributed by atoms with Crippen LogP contribution in [-0.2, 0) is 11.2 Å². The van der Waals surface area contributed by atoms with E-state index in [1.807, 2.05) is 16.8 Å². The monoisotopic (exact) mass is 259 g/mol. The summed E-state index contributed by atoms with van der Waals surface area (Å²) >= 11 is 7.32. The van der Waals surface area contributed by atoms with Crippen molar-refractivity contribution < 1.29 is 4.79 Å². The maximum absolute atomic E-state index is 11.6. The van der Waals surface area contributed by atoms with Crippen molar-refractivity contribution in [1.29, 1.82) is 0 Å². The molecular formula is C12H18ClNOS. The number of amides is 1. The topological polar surface area (TPSA) is 29.1 Å². The third-order valence-corrected chi connectivity index (χ3v) is 3.40. The standard InChI is InChI=1S/C12H18ClNOS/c1-12(2,4-5-13)9-14-11(15)7-10-3-6-16-8-10/h3,6,8H,4-5,7,9H2,1-2H3,(H,14,15). The number of hydrogen-bond acceptors (Lipinski definition) is 2. The molecule has 1 amide bonds. The van der Waals surface area contributed by atoms with Crippen LogP contribution in [0.4, 0.5) is 0 Å². The highest BCUT2D eigenvalue weighted by Crippen LogP contribution is 2.19. The molecule has 1 aromatic rings. The molecule has 1 N–H and O–H groups in total. The number of halogens is 1. The average molecular weight is 260 g/mol. The first-order valence-electron chi connectivity index (χ1n) is 5.37. The highest BCUT2D eigenvalue weighted by Gasteiger charge is 2.17. The van der Waals surface area contributed by atoms with Crippen molar-refractivity contribution in [2.75, 3.05) is 12.4 Å². The van der Waals surface area contributed by atoms with Gasteiger partial charge in [-0.1, -0.05) is 13.8 Å². The maximum atomic E-state index is 11.6. The van der Waals surface area contributed by atoms with E-state index in [0.29, 0.717) is 18.8 Å². The molecule has 0 aromatic carbocycles. The van der Waals surface area contributed by atoms with E-state index in [-0.39, 0.29) is 11.3 Å². The van der Waals surface area contributed by atoms with Gasteiger partial charge in [0.1, 0.15) is 0 Å². The summed E-state index contributed by atoms with van der Waals surface area (Å²) in [5.74, 6) is 0.717. The molecular weight excluding hydrogens is 242 g/mol. The van der Waals surface area contributed by atoms with Gasteiger partial charge in [-0.25, -0.2) is 0 Å². The molecule has 0 radical (unpaired) electrons. The van der Waals surface area contributed by atoms with Crippen LogP contribution in [0.1, 0.15) is 25.8 Å². The second-order valence-electron chi connectivity index (χ2n) is 4.69. The fraction of sp³-hybridized carbons (Fsp3) is 0.583. The van der Waals surface area contributed by atoms with E-state index in [1.54, 1.807) is 11.3 Å². The van der Waals surface area contributed by atoms with E-state index in [9.17, 15) is 4.79 Å². The minimum absolute atomic E-state index is 0.0755. The van der Waals surface area contributed by atoms with Crippen LogP contribution < -0.4 is 5.32 Å². The molecule has 4 heteroatoms. The van der Waals surface area contributed by atoms with Crippen LogP contribution in [0.2, 0.25) is 0 Å². The Morgan fingerprint density at radius 3 is 2.88 bits per heavy atom. The predicted molar refractivity (Wildman–Crippen MR) is 70.2 cm³/mol. The van der Waals surface area contributed by atoms with E-state index < -0.39 is 0 Å². The largest absolute Gasteiger partial charge is 0.355 e. The van der Waals surface area contributed by atoms with Gasteiger partial charge in [-0.2, -0.15) is 11.3 Å². The quantitative estimate of drug-likeness (QED) is 0.782. The van der Waals surface area contributed by atoms with Gasteiger partial charge in [-0.15, -0.1) is 11.6 Å². The van der Waals surface area contributed by atoms with Gasteiger partial charge >= 0.3 is 0 Å². The fourth-order valence-electron chi connectivity index (χ4n) is 1.32. The van der Waals surface area contributed by atoms with Gasteiger partial charge in [0.2, 0.25) is 5.91 Å². The zero-order valence-electron chi connectivity index (χ0n) is 9.75. The van der Waals surface area contributed by atoms with Crippen molar-refractivity contribution in [2.24, 2.45) is 5.41 Å². The summed E-state index contributed by atoms with van der Waals surface area (Å²) in [5, 5.41) is 6.94. The highest BCUT2D eigenvalue weighted by atomic mass is 35.5. The SMILES string of the molecule is CC(C)(CCCl)CNC(=O)Cc1ccsc1. The number of alkyl halides is 1. The van der Waals surface area contributed by atoms with Gasteiger partial charge in [0.25, 0.3) is 0 Å². The highest BCUT2D eigenvalue weighted by molar-refractivity contribution is 7.07.